The Morgan fingerprint density at radius 2 is 2.00 bits per heavy atom. The standard InChI is InChI=1S/C17H26N2O/c1-2-18-12-14-11-13-7-6-10-16(13)19(17(14)20)15-8-4-3-5-9-15/h11,15,18H,2-10,12H2,1H3. The van der Waals surface area contributed by atoms with Gasteiger partial charge in [-0.05, 0) is 50.3 Å². The van der Waals surface area contributed by atoms with Gasteiger partial charge in [0.25, 0.3) is 5.56 Å². The topological polar surface area (TPSA) is 34.0 Å². The van der Waals surface area contributed by atoms with Crippen LogP contribution in [0.25, 0.3) is 0 Å². The van der Waals surface area contributed by atoms with Gasteiger partial charge in [-0.25, -0.2) is 0 Å². The Bertz CT molecular complexity index is 527. The van der Waals surface area contributed by atoms with Crippen molar-refractivity contribution >= 4 is 0 Å². The van der Waals surface area contributed by atoms with Crippen LogP contribution in [0.15, 0.2) is 10.9 Å². The molecule has 3 nitrogen and oxygen atoms in total. The molecule has 3 heteroatoms. The minimum absolute atomic E-state index is 0.276. The number of pyridine rings is 1. The van der Waals surface area contributed by atoms with Gasteiger partial charge in [0.2, 0.25) is 0 Å². The van der Waals surface area contributed by atoms with E-state index in [2.05, 4.69) is 22.9 Å². The zero-order valence-electron chi connectivity index (χ0n) is 12.6. The van der Waals surface area contributed by atoms with Gasteiger partial charge in [0.05, 0.1) is 0 Å². The molecule has 2 aliphatic rings. The van der Waals surface area contributed by atoms with Crippen LogP contribution in [0.5, 0.6) is 0 Å². The molecular weight excluding hydrogens is 248 g/mol. The van der Waals surface area contributed by atoms with E-state index >= 15 is 0 Å². The van der Waals surface area contributed by atoms with Crippen LogP contribution in [-0.4, -0.2) is 11.1 Å². The average molecular weight is 274 g/mol. The van der Waals surface area contributed by atoms with E-state index < -0.39 is 0 Å². The summed E-state index contributed by atoms with van der Waals surface area (Å²) in [6.45, 7) is 3.72. The van der Waals surface area contributed by atoms with Crippen molar-refractivity contribution in [3.8, 4) is 0 Å². The second-order valence-electron chi connectivity index (χ2n) is 6.24. The van der Waals surface area contributed by atoms with Crippen molar-refractivity contribution < 1.29 is 0 Å². The van der Waals surface area contributed by atoms with E-state index in [1.54, 1.807) is 0 Å². The second-order valence-corrected chi connectivity index (χ2v) is 6.24. The summed E-state index contributed by atoms with van der Waals surface area (Å²) in [5.74, 6) is 0. The summed E-state index contributed by atoms with van der Waals surface area (Å²) in [6, 6.07) is 2.64. The Kier molecular flexibility index (Phi) is 4.25. The van der Waals surface area contributed by atoms with Gasteiger partial charge >= 0.3 is 0 Å². The monoisotopic (exact) mass is 274 g/mol. The van der Waals surface area contributed by atoms with Crippen LogP contribution in [-0.2, 0) is 19.4 Å². The zero-order chi connectivity index (χ0) is 13.9. The molecule has 0 aliphatic heterocycles. The first kappa shape index (κ1) is 13.9. The summed E-state index contributed by atoms with van der Waals surface area (Å²) in [5, 5.41) is 3.31. The van der Waals surface area contributed by atoms with Gasteiger partial charge in [0.15, 0.2) is 0 Å². The molecule has 1 aromatic heterocycles. The molecule has 1 fully saturated rings. The third kappa shape index (κ3) is 2.56. The number of aromatic nitrogens is 1. The van der Waals surface area contributed by atoms with Gasteiger partial charge < -0.3 is 9.88 Å². The van der Waals surface area contributed by atoms with Gasteiger partial charge in [0.1, 0.15) is 0 Å². The SMILES string of the molecule is CCNCc1cc2c(n(C3CCCCC3)c1=O)CCC2. The Morgan fingerprint density at radius 1 is 1.20 bits per heavy atom. The quantitative estimate of drug-likeness (QED) is 0.916. The average Bonchev–Trinajstić information content (AvgIpc) is 2.93. The summed E-state index contributed by atoms with van der Waals surface area (Å²) in [4.78, 5) is 12.9. The molecule has 0 spiro atoms. The highest BCUT2D eigenvalue weighted by molar-refractivity contribution is 5.31. The largest absolute Gasteiger partial charge is 0.313 e. The van der Waals surface area contributed by atoms with Crippen molar-refractivity contribution in [2.24, 2.45) is 0 Å². The number of hydrogen-bond acceptors (Lipinski definition) is 2. The van der Waals surface area contributed by atoms with Crippen LogP contribution in [0.4, 0.5) is 0 Å². The molecule has 0 aromatic carbocycles. The van der Waals surface area contributed by atoms with Crippen molar-refractivity contribution in [2.45, 2.75) is 70.9 Å². The van der Waals surface area contributed by atoms with Gasteiger partial charge in [-0.1, -0.05) is 26.2 Å². The van der Waals surface area contributed by atoms with Crippen molar-refractivity contribution in [3.63, 3.8) is 0 Å². The fraction of sp³-hybridized carbons (Fsp3) is 0.706. The molecule has 1 heterocycles. The van der Waals surface area contributed by atoms with E-state index in [9.17, 15) is 4.79 Å². The predicted octanol–water partition coefficient (Wildman–Crippen LogP) is 2.95. The third-order valence-electron chi connectivity index (χ3n) is 4.87. The number of hydrogen-bond donors (Lipinski definition) is 1. The fourth-order valence-corrected chi connectivity index (χ4v) is 3.84. The lowest BCUT2D eigenvalue weighted by Crippen LogP contribution is -2.33. The first-order valence-corrected chi connectivity index (χ1v) is 8.28. The highest BCUT2D eigenvalue weighted by Gasteiger charge is 2.24. The van der Waals surface area contributed by atoms with E-state index in [4.69, 9.17) is 0 Å². The third-order valence-corrected chi connectivity index (χ3v) is 4.87. The Labute approximate surface area is 121 Å². The molecule has 3 rings (SSSR count). The molecule has 0 atom stereocenters. The maximum atomic E-state index is 12.9. The highest BCUT2D eigenvalue weighted by atomic mass is 16.1. The number of rotatable bonds is 4. The van der Waals surface area contributed by atoms with Gasteiger partial charge in [-0.2, -0.15) is 0 Å². The van der Waals surface area contributed by atoms with E-state index in [1.165, 1.54) is 49.8 Å². The van der Waals surface area contributed by atoms with Crippen LogP contribution in [0.3, 0.4) is 0 Å². The molecule has 1 saturated carbocycles. The lowest BCUT2D eigenvalue weighted by Gasteiger charge is -2.27. The van der Waals surface area contributed by atoms with Crippen LogP contribution >= 0.6 is 0 Å². The molecule has 2 aliphatic carbocycles. The van der Waals surface area contributed by atoms with Crippen LogP contribution in [0.1, 0.15) is 68.3 Å². The Morgan fingerprint density at radius 3 is 2.75 bits per heavy atom. The van der Waals surface area contributed by atoms with Crippen LogP contribution in [0.2, 0.25) is 0 Å². The van der Waals surface area contributed by atoms with E-state index in [0.29, 0.717) is 6.04 Å². The summed E-state index contributed by atoms with van der Waals surface area (Å²) in [6.07, 6.45) is 9.75. The Balaban J connectivity index is 2.01. The smallest absolute Gasteiger partial charge is 0.255 e. The second kappa shape index (κ2) is 6.13. The lowest BCUT2D eigenvalue weighted by atomic mass is 9.94. The van der Waals surface area contributed by atoms with Gasteiger partial charge in [-0.15, -0.1) is 0 Å². The number of nitrogens with zero attached hydrogens (tertiary/aromatic N) is 1. The molecule has 0 radical (unpaired) electrons. The molecule has 0 bridgehead atoms. The van der Waals surface area contributed by atoms with E-state index in [0.717, 1.165) is 31.5 Å². The molecular formula is C17H26N2O. The molecule has 0 saturated heterocycles. The first-order chi connectivity index (χ1) is 9.81. The van der Waals surface area contributed by atoms with Crippen molar-refractivity contribution in [1.82, 2.24) is 9.88 Å². The minimum atomic E-state index is 0.276. The van der Waals surface area contributed by atoms with E-state index in [1.807, 2.05) is 0 Å². The lowest BCUT2D eigenvalue weighted by molar-refractivity contribution is 0.338. The molecule has 0 unspecified atom stereocenters. The molecule has 0 amide bonds. The van der Waals surface area contributed by atoms with Crippen LogP contribution in [0, 0.1) is 0 Å². The Hall–Kier alpha value is -1.09. The van der Waals surface area contributed by atoms with Crippen molar-refractivity contribution in [1.29, 1.82) is 0 Å². The van der Waals surface area contributed by atoms with Gasteiger partial charge in [-0.3, -0.25) is 4.79 Å². The zero-order valence-corrected chi connectivity index (χ0v) is 12.6. The molecule has 1 N–H and O–H groups in total. The number of nitrogens with one attached hydrogen (secondary N) is 1. The van der Waals surface area contributed by atoms with Crippen molar-refractivity contribution in [3.05, 3.63) is 33.2 Å². The summed E-state index contributed by atoms with van der Waals surface area (Å²) in [5.41, 5.74) is 4.03. The molecule has 1 aromatic rings. The molecule has 110 valence electrons. The number of fused-ring (bicyclic) bond motifs is 1. The maximum Gasteiger partial charge on any atom is 0.255 e. The van der Waals surface area contributed by atoms with Crippen molar-refractivity contribution in [2.75, 3.05) is 6.54 Å². The minimum Gasteiger partial charge on any atom is -0.313 e. The maximum absolute atomic E-state index is 12.9. The van der Waals surface area contributed by atoms with Gasteiger partial charge in [0, 0.05) is 23.8 Å². The predicted molar refractivity (Wildman–Crippen MR) is 82.2 cm³/mol. The first-order valence-electron chi connectivity index (χ1n) is 8.28. The summed E-state index contributed by atoms with van der Waals surface area (Å²) >= 11 is 0. The fourth-order valence-electron chi connectivity index (χ4n) is 3.84. The number of aryl methyl sites for hydroxylation is 1. The summed E-state index contributed by atoms with van der Waals surface area (Å²) < 4.78 is 2.19. The van der Waals surface area contributed by atoms with Crippen LogP contribution < -0.4 is 10.9 Å². The normalized spacial score (nSPS) is 19.2. The molecule has 20 heavy (non-hydrogen) atoms. The summed E-state index contributed by atoms with van der Waals surface area (Å²) in [7, 11) is 0. The highest BCUT2D eigenvalue weighted by Crippen LogP contribution is 2.31. The van der Waals surface area contributed by atoms with E-state index in [-0.39, 0.29) is 5.56 Å².